The fourth-order valence-electron chi connectivity index (χ4n) is 3.12. The Hall–Kier alpha value is -0.120. The van der Waals surface area contributed by atoms with E-state index in [4.69, 9.17) is 9.47 Å². The number of rotatable bonds is 6. The van der Waals surface area contributed by atoms with Crippen molar-refractivity contribution in [2.45, 2.75) is 38.7 Å². The van der Waals surface area contributed by atoms with Gasteiger partial charge >= 0.3 is 0 Å². The van der Waals surface area contributed by atoms with Crippen LogP contribution in [0, 0.1) is 17.3 Å². The van der Waals surface area contributed by atoms with Crippen LogP contribution < -0.4 is 0 Å². The summed E-state index contributed by atoms with van der Waals surface area (Å²) < 4.78 is 11.0. The summed E-state index contributed by atoms with van der Waals surface area (Å²) in [4.78, 5) is 0. The van der Waals surface area contributed by atoms with Gasteiger partial charge in [0, 0.05) is 25.7 Å². The maximum absolute atomic E-state index is 9.81. The van der Waals surface area contributed by atoms with E-state index >= 15 is 0 Å². The van der Waals surface area contributed by atoms with Gasteiger partial charge in [-0.3, -0.25) is 0 Å². The van der Waals surface area contributed by atoms with E-state index < -0.39 is 0 Å². The van der Waals surface area contributed by atoms with E-state index in [-0.39, 0.29) is 12.0 Å². The van der Waals surface area contributed by atoms with E-state index in [0.717, 1.165) is 26.1 Å². The minimum atomic E-state index is -0.000301. The first kappa shape index (κ1) is 12.3. The van der Waals surface area contributed by atoms with E-state index in [1.54, 1.807) is 7.11 Å². The average molecular weight is 228 g/mol. The molecule has 2 aliphatic rings. The SMILES string of the molecule is COCCC(C)C1(CO)CCOC1C1CC1. The summed E-state index contributed by atoms with van der Waals surface area (Å²) in [6.45, 7) is 4.09. The zero-order valence-corrected chi connectivity index (χ0v) is 10.4. The van der Waals surface area contributed by atoms with E-state index in [1.807, 2.05) is 0 Å². The topological polar surface area (TPSA) is 38.7 Å². The van der Waals surface area contributed by atoms with Crippen molar-refractivity contribution in [3.8, 4) is 0 Å². The van der Waals surface area contributed by atoms with Crippen LogP contribution in [0.5, 0.6) is 0 Å². The van der Waals surface area contributed by atoms with Crippen LogP contribution in [-0.4, -0.2) is 38.1 Å². The van der Waals surface area contributed by atoms with Gasteiger partial charge in [-0.05, 0) is 37.5 Å². The van der Waals surface area contributed by atoms with Crippen LogP contribution in [0.25, 0.3) is 0 Å². The number of aliphatic hydroxyl groups excluding tert-OH is 1. The molecule has 0 radical (unpaired) electrons. The van der Waals surface area contributed by atoms with Gasteiger partial charge in [0.25, 0.3) is 0 Å². The first-order chi connectivity index (χ1) is 7.74. The van der Waals surface area contributed by atoms with Crippen molar-refractivity contribution in [1.29, 1.82) is 0 Å². The van der Waals surface area contributed by atoms with Gasteiger partial charge in [-0.15, -0.1) is 0 Å². The van der Waals surface area contributed by atoms with Gasteiger partial charge in [0.1, 0.15) is 0 Å². The first-order valence-corrected chi connectivity index (χ1v) is 6.46. The molecule has 2 fully saturated rings. The smallest absolute Gasteiger partial charge is 0.0684 e. The number of methoxy groups -OCH3 is 1. The Morgan fingerprint density at radius 3 is 2.81 bits per heavy atom. The minimum absolute atomic E-state index is 0.000301. The quantitative estimate of drug-likeness (QED) is 0.754. The van der Waals surface area contributed by atoms with Gasteiger partial charge in [-0.25, -0.2) is 0 Å². The molecule has 0 aromatic rings. The second-order valence-corrected chi connectivity index (χ2v) is 5.45. The third kappa shape index (κ3) is 2.13. The first-order valence-electron chi connectivity index (χ1n) is 6.46. The zero-order chi connectivity index (χ0) is 11.6. The van der Waals surface area contributed by atoms with Gasteiger partial charge in [0.2, 0.25) is 0 Å². The standard InChI is InChI=1S/C13H24O3/c1-10(5-7-15-2)13(9-14)6-8-16-12(13)11-3-4-11/h10-12,14H,3-9H2,1-2H3. The van der Waals surface area contributed by atoms with Crippen LogP contribution in [-0.2, 0) is 9.47 Å². The predicted octanol–water partition coefficient (Wildman–Crippen LogP) is 1.84. The van der Waals surface area contributed by atoms with Gasteiger partial charge in [-0.2, -0.15) is 0 Å². The van der Waals surface area contributed by atoms with Crippen LogP contribution in [0.15, 0.2) is 0 Å². The van der Waals surface area contributed by atoms with Crippen molar-refractivity contribution in [3.63, 3.8) is 0 Å². The molecule has 3 unspecified atom stereocenters. The summed E-state index contributed by atoms with van der Waals surface area (Å²) in [5.41, 5.74) is -0.000301. The monoisotopic (exact) mass is 228 g/mol. The molecular weight excluding hydrogens is 204 g/mol. The van der Waals surface area contributed by atoms with E-state index in [9.17, 15) is 5.11 Å². The van der Waals surface area contributed by atoms with Gasteiger partial charge < -0.3 is 14.6 Å². The fraction of sp³-hybridized carbons (Fsp3) is 1.00. The molecule has 1 saturated carbocycles. The van der Waals surface area contributed by atoms with E-state index in [1.165, 1.54) is 12.8 Å². The van der Waals surface area contributed by atoms with Crippen molar-refractivity contribution >= 4 is 0 Å². The molecule has 3 heteroatoms. The molecule has 0 spiro atoms. The van der Waals surface area contributed by atoms with Crippen LogP contribution in [0.2, 0.25) is 0 Å². The lowest BCUT2D eigenvalue weighted by Crippen LogP contribution is -2.42. The third-order valence-electron chi connectivity index (χ3n) is 4.51. The number of hydrogen-bond acceptors (Lipinski definition) is 3. The molecule has 3 atom stereocenters. The maximum Gasteiger partial charge on any atom is 0.0684 e. The number of aliphatic hydroxyl groups is 1. The van der Waals surface area contributed by atoms with Gasteiger partial charge in [-0.1, -0.05) is 6.92 Å². The fourth-order valence-corrected chi connectivity index (χ4v) is 3.12. The highest BCUT2D eigenvalue weighted by molar-refractivity contribution is 5.01. The highest BCUT2D eigenvalue weighted by atomic mass is 16.5. The average Bonchev–Trinajstić information content (AvgIpc) is 3.05. The summed E-state index contributed by atoms with van der Waals surface area (Å²) in [6, 6.07) is 0. The summed E-state index contributed by atoms with van der Waals surface area (Å²) in [6.07, 6.45) is 4.89. The Balaban J connectivity index is 2.03. The lowest BCUT2D eigenvalue weighted by atomic mass is 9.69. The zero-order valence-electron chi connectivity index (χ0n) is 10.4. The molecule has 1 aliphatic heterocycles. The molecule has 1 N–H and O–H groups in total. The Labute approximate surface area is 98.1 Å². The van der Waals surface area contributed by atoms with Gasteiger partial charge in [0.05, 0.1) is 12.7 Å². The summed E-state index contributed by atoms with van der Waals surface area (Å²) in [5, 5.41) is 9.81. The lowest BCUT2D eigenvalue weighted by Gasteiger charge is -2.38. The molecule has 1 saturated heterocycles. The largest absolute Gasteiger partial charge is 0.396 e. The molecule has 0 aromatic heterocycles. The highest BCUT2D eigenvalue weighted by Crippen LogP contribution is 2.51. The van der Waals surface area contributed by atoms with Crippen molar-refractivity contribution in [2.75, 3.05) is 26.9 Å². The second-order valence-electron chi connectivity index (χ2n) is 5.45. The third-order valence-corrected chi connectivity index (χ3v) is 4.51. The van der Waals surface area contributed by atoms with Crippen molar-refractivity contribution in [3.05, 3.63) is 0 Å². The molecule has 1 aliphatic carbocycles. The Kier molecular flexibility index (Phi) is 3.88. The normalized spacial score (nSPS) is 36.6. The van der Waals surface area contributed by atoms with Crippen molar-refractivity contribution in [1.82, 2.24) is 0 Å². The maximum atomic E-state index is 9.81. The predicted molar refractivity (Wildman–Crippen MR) is 62.3 cm³/mol. The lowest BCUT2D eigenvalue weighted by molar-refractivity contribution is -0.0366. The molecule has 94 valence electrons. The van der Waals surface area contributed by atoms with Crippen molar-refractivity contribution < 1.29 is 14.6 Å². The minimum Gasteiger partial charge on any atom is -0.396 e. The Morgan fingerprint density at radius 2 is 2.25 bits per heavy atom. The van der Waals surface area contributed by atoms with Crippen LogP contribution >= 0.6 is 0 Å². The molecule has 16 heavy (non-hydrogen) atoms. The highest BCUT2D eigenvalue weighted by Gasteiger charge is 2.53. The Morgan fingerprint density at radius 1 is 1.50 bits per heavy atom. The number of hydrogen-bond donors (Lipinski definition) is 1. The second kappa shape index (κ2) is 5.03. The van der Waals surface area contributed by atoms with Crippen LogP contribution in [0.1, 0.15) is 32.6 Å². The van der Waals surface area contributed by atoms with Crippen molar-refractivity contribution in [2.24, 2.45) is 17.3 Å². The Bertz CT molecular complexity index is 227. The molecule has 3 nitrogen and oxygen atoms in total. The van der Waals surface area contributed by atoms with Crippen LogP contribution in [0.3, 0.4) is 0 Å². The molecule has 0 aromatic carbocycles. The molecular formula is C13H24O3. The van der Waals surface area contributed by atoms with Gasteiger partial charge in [0.15, 0.2) is 0 Å². The summed E-state index contributed by atoms with van der Waals surface area (Å²) in [5.74, 6) is 1.19. The molecule has 2 rings (SSSR count). The summed E-state index contributed by atoms with van der Waals surface area (Å²) in [7, 11) is 1.74. The molecule has 0 bridgehead atoms. The van der Waals surface area contributed by atoms with E-state index in [2.05, 4.69) is 6.92 Å². The van der Waals surface area contributed by atoms with Crippen LogP contribution in [0.4, 0.5) is 0 Å². The number of ether oxygens (including phenoxy) is 2. The molecule has 1 heterocycles. The molecule has 0 amide bonds. The van der Waals surface area contributed by atoms with E-state index in [0.29, 0.717) is 17.9 Å². The summed E-state index contributed by atoms with van der Waals surface area (Å²) >= 11 is 0.